The molecule has 1 aromatic carbocycles. The van der Waals surface area contributed by atoms with Crippen LogP contribution in [0.4, 0.5) is 4.39 Å². The van der Waals surface area contributed by atoms with Crippen molar-refractivity contribution in [3.8, 4) is 0 Å². The van der Waals surface area contributed by atoms with Crippen molar-refractivity contribution in [3.63, 3.8) is 0 Å². The second-order valence-corrected chi connectivity index (χ2v) is 7.24. The second kappa shape index (κ2) is 6.23. The molecule has 1 saturated heterocycles. The Hall–Kier alpha value is -0.640. The predicted molar refractivity (Wildman–Crippen MR) is 85.0 cm³/mol. The molecule has 3 rings (SSSR count). The maximum absolute atomic E-state index is 13.2. The van der Waals surface area contributed by atoms with Gasteiger partial charge in [-0.15, -0.1) is 0 Å². The summed E-state index contributed by atoms with van der Waals surface area (Å²) < 4.78 is 13.2. The van der Waals surface area contributed by atoms with Crippen molar-refractivity contribution in [1.29, 1.82) is 0 Å². The Morgan fingerprint density at radius 3 is 2.76 bits per heavy atom. The van der Waals surface area contributed by atoms with E-state index in [0.717, 1.165) is 31.1 Å². The molecule has 0 radical (unpaired) electrons. The first kappa shape index (κ1) is 15.3. The van der Waals surface area contributed by atoms with Gasteiger partial charge >= 0.3 is 0 Å². The Morgan fingerprint density at radius 2 is 2.14 bits per heavy atom. The zero-order valence-corrected chi connectivity index (χ0v) is 13.5. The molecule has 1 aliphatic carbocycles. The monoisotopic (exact) mass is 310 g/mol. The molecule has 2 fully saturated rings. The Balaban J connectivity index is 1.75. The number of rotatable bonds is 4. The lowest BCUT2D eigenvalue weighted by Crippen LogP contribution is -2.58. The van der Waals surface area contributed by atoms with E-state index in [9.17, 15) is 4.39 Å². The van der Waals surface area contributed by atoms with E-state index in [1.165, 1.54) is 25.0 Å². The zero-order chi connectivity index (χ0) is 15.0. The molecule has 4 heteroatoms. The molecule has 1 N–H and O–H groups in total. The Labute approximate surface area is 131 Å². The summed E-state index contributed by atoms with van der Waals surface area (Å²) in [5.74, 6) is 1.18. The van der Waals surface area contributed by atoms with Gasteiger partial charge in [0.25, 0.3) is 0 Å². The highest BCUT2D eigenvalue weighted by atomic mass is 35.5. The molecule has 2 nitrogen and oxygen atoms in total. The van der Waals surface area contributed by atoms with Crippen molar-refractivity contribution >= 4 is 11.6 Å². The molecule has 0 aromatic heterocycles. The second-order valence-electron chi connectivity index (χ2n) is 6.83. The maximum atomic E-state index is 13.2. The fraction of sp³-hybridized carbons (Fsp3) is 0.647. The first-order valence-electron chi connectivity index (χ1n) is 7.96. The molecule has 0 spiro atoms. The van der Waals surface area contributed by atoms with E-state index >= 15 is 0 Å². The van der Waals surface area contributed by atoms with E-state index in [1.54, 1.807) is 0 Å². The van der Waals surface area contributed by atoms with E-state index in [-0.39, 0.29) is 5.82 Å². The van der Waals surface area contributed by atoms with Crippen LogP contribution in [0.5, 0.6) is 0 Å². The Bertz CT molecular complexity index is 502. The van der Waals surface area contributed by atoms with Gasteiger partial charge in [0.2, 0.25) is 0 Å². The summed E-state index contributed by atoms with van der Waals surface area (Å²) in [5, 5.41) is 4.24. The minimum Gasteiger partial charge on any atom is -0.311 e. The van der Waals surface area contributed by atoms with Crippen molar-refractivity contribution in [1.82, 2.24) is 10.2 Å². The number of nitrogens with zero attached hydrogens (tertiary/aromatic N) is 1. The molecule has 1 aromatic rings. The standard InChI is InChI=1S/C17H24ClFN2/c1-11(2)16-10-21(17(8-20-16)12-3-4-12)9-13-5-6-14(19)7-15(13)18/h5-7,11-12,16-17,20H,3-4,8-10H2,1-2H3. The number of piperazine rings is 1. The Kier molecular flexibility index (Phi) is 4.53. The van der Waals surface area contributed by atoms with Crippen LogP contribution in [0.25, 0.3) is 0 Å². The van der Waals surface area contributed by atoms with Crippen LogP contribution in [-0.2, 0) is 6.54 Å². The van der Waals surface area contributed by atoms with Crippen LogP contribution < -0.4 is 5.32 Å². The molecular weight excluding hydrogens is 287 g/mol. The van der Waals surface area contributed by atoms with Gasteiger partial charge in [-0.05, 0) is 42.4 Å². The average Bonchev–Trinajstić information content (AvgIpc) is 3.26. The van der Waals surface area contributed by atoms with Crippen LogP contribution in [0.15, 0.2) is 18.2 Å². The fourth-order valence-electron chi connectivity index (χ4n) is 3.30. The van der Waals surface area contributed by atoms with Crippen molar-refractivity contribution in [2.45, 2.75) is 45.3 Å². The van der Waals surface area contributed by atoms with Gasteiger partial charge in [0.1, 0.15) is 5.82 Å². The third-order valence-corrected chi connectivity index (χ3v) is 5.20. The van der Waals surface area contributed by atoms with E-state index in [1.807, 2.05) is 6.07 Å². The topological polar surface area (TPSA) is 15.3 Å². The first-order valence-corrected chi connectivity index (χ1v) is 8.33. The third kappa shape index (κ3) is 3.58. The van der Waals surface area contributed by atoms with Crippen LogP contribution in [-0.4, -0.2) is 30.1 Å². The molecule has 21 heavy (non-hydrogen) atoms. The van der Waals surface area contributed by atoms with Gasteiger partial charge in [0.15, 0.2) is 0 Å². The van der Waals surface area contributed by atoms with Crippen molar-refractivity contribution in [3.05, 3.63) is 34.6 Å². The van der Waals surface area contributed by atoms with E-state index in [2.05, 4.69) is 24.1 Å². The van der Waals surface area contributed by atoms with E-state index in [4.69, 9.17) is 11.6 Å². The summed E-state index contributed by atoms with van der Waals surface area (Å²) in [6, 6.07) is 5.88. The molecule has 1 saturated carbocycles. The summed E-state index contributed by atoms with van der Waals surface area (Å²) in [4.78, 5) is 2.55. The molecular formula is C17H24ClFN2. The molecule has 116 valence electrons. The van der Waals surface area contributed by atoms with Gasteiger partial charge in [-0.2, -0.15) is 0 Å². The highest BCUT2D eigenvalue weighted by Crippen LogP contribution is 2.37. The van der Waals surface area contributed by atoms with Crippen LogP contribution in [0, 0.1) is 17.7 Å². The largest absolute Gasteiger partial charge is 0.311 e. The van der Waals surface area contributed by atoms with Gasteiger partial charge in [-0.25, -0.2) is 4.39 Å². The number of benzene rings is 1. The fourth-order valence-corrected chi connectivity index (χ4v) is 3.52. The van der Waals surface area contributed by atoms with E-state index < -0.39 is 0 Å². The number of nitrogens with one attached hydrogen (secondary N) is 1. The normalized spacial score (nSPS) is 27.3. The lowest BCUT2D eigenvalue weighted by Gasteiger charge is -2.42. The molecule has 0 bridgehead atoms. The van der Waals surface area contributed by atoms with Gasteiger partial charge in [-0.3, -0.25) is 4.90 Å². The first-order chi connectivity index (χ1) is 10.0. The van der Waals surface area contributed by atoms with Crippen molar-refractivity contribution in [2.75, 3.05) is 13.1 Å². The van der Waals surface area contributed by atoms with Crippen molar-refractivity contribution in [2.24, 2.45) is 11.8 Å². The SMILES string of the molecule is CC(C)C1CN(Cc2ccc(F)cc2Cl)C(C2CC2)CN1. The van der Waals surface area contributed by atoms with Gasteiger partial charge in [-0.1, -0.05) is 31.5 Å². The maximum Gasteiger partial charge on any atom is 0.124 e. The number of hydrogen-bond acceptors (Lipinski definition) is 2. The van der Waals surface area contributed by atoms with Crippen LogP contribution in [0.2, 0.25) is 5.02 Å². The van der Waals surface area contributed by atoms with Gasteiger partial charge in [0, 0.05) is 36.7 Å². The molecule has 1 aliphatic heterocycles. The Morgan fingerprint density at radius 1 is 1.38 bits per heavy atom. The summed E-state index contributed by atoms with van der Waals surface area (Å²) in [5.41, 5.74) is 1.04. The minimum absolute atomic E-state index is 0.261. The van der Waals surface area contributed by atoms with E-state index in [0.29, 0.717) is 23.0 Å². The van der Waals surface area contributed by atoms with Crippen LogP contribution in [0.1, 0.15) is 32.3 Å². The molecule has 2 atom stereocenters. The summed E-state index contributed by atoms with van der Waals surface area (Å²) in [6.45, 7) is 7.46. The predicted octanol–water partition coefficient (Wildman–Crippen LogP) is 3.69. The lowest BCUT2D eigenvalue weighted by molar-refractivity contribution is 0.0926. The van der Waals surface area contributed by atoms with Crippen molar-refractivity contribution < 1.29 is 4.39 Å². The van der Waals surface area contributed by atoms with Gasteiger partial charge < -0.3 is 5.32 Å². The molecule has 1 heterocycles. The summed E-state index contributed by atoms with van der Waals surface area (Å²) in [6.07, 6.45) is 2.68. The number of halogens is 2. The summed E-state index contributed by atoms with van der Waals surface area (Å²) in [7, 11) is 0. The van der Waals surface area contributed by atoms with Gasteiger partial charge in [0.05, 0.1) is 0 Å². The summed E-state index contributed by atoms with van der Waals surface area (Å²) >= 11 is 6.21. The van der Waals surface area contributed by atoms with Crippen LogP contribution in [0.3, 0.4) is 0 Å². The minimum atomic E-state index is -0.261. The quantitative estimate of drug-likeness (QED) is 0.912. The van der Waals surface area contributed by atoms with Crippen LogP contribution >= 0.6 is 11.6 Å². The molecule has 2 aliphatic rings. The highest BCUT2D eigenvalue weighted by Gasteiger charge is 2.39. The molecule has 2 unspecified atom stereocenters. The lowest BCUT2D eigenvalue weighted by atomic mass is 9.97. The average molecular weight is 311 g/mol. The highest BCUT2D eigenvalue weighted by molar-refractivity contribution is 6.31. The third-order valence-electron chi connectivity index (χ3n) is 4.85. The smallest absolute Gasteiger partial charge is 0.124 e. The molecule has 0 amide bonds. The number of hydrogen-bond donors (Lipinski definition) is 1. The zero-order valence-electron chi connectivity index (χ0n) is 12.8.